The summed E-state index contributed by atoms with van der Waals surface area (Å²) in [6.45, 7) is 0. The summed E-state index contributed by atoms with van der Waals surface area (Å²) in [6, 6.07) is 14.7. The van der Waals surface area contributed by atoms with Crippen molar-refractivity contribution < 1.29 is 27.8 Å². The number of methoxy groups -OCH3 is 2. The maximum atomic E-state index is 12.6. The van der Waals surface area contributed by atoms with E-state index in [0.717, 1.165) is 0 Å². The molecule has 7 nitrogen and oxygen atoms in total. The van der Waals surface area contributed by atoms with Crippen molar-refractivity contribution in [2.45, 2.75) is 0 Å². The zero-order chi connectivity index (χ0) is 20.4. The first-order valence-electron chi connectivity index (χ1n) is 8.65. The monoisotopic (exact) mass is 392 g/mol. The maximum Gasteiger partial charge on any atom is 0.379 e. The van der Waals surface area contributed by atoms with Crippen LogP contribution in [0.25, 0.3) is 22.1 Å². The molecule has 0 radical (unpaired) electrons. The summed E-state index contributed by atoms with van der Waals surface area (Å²) in [4.78, 5) is 24.6. The van der Waals surface area contributed by atoms with E-state index in [1.807, 2.05) is 0 Å². The molecule has 0 bridgehead atoms. The van der Waals surface area contributed by atoms with Crippen LogP contribution >= 0.6 is 0 Å². The molecule has 0 amide bonds. The number of hydrogen-bond donors (Lipinski definition) is 0. The highest BCUT2D eigenvalue weighted by Gasteiger charge is 2.15. The van der Waals surface area contributed by atoms with Gasteiger partial charge in [-0.1, -0.05) is 0 Å². The third kappa shape index (κ3) is 3.58. The third-order valence-electron chi connectivity index (χ3n) is 4.34. The van der Waals surface area contributed by atoms with E-state index in [1.54, 1.807) is 49.6 Å². The molecule has 2 aromatic heterocycles. The molecule has 4 rings (SSSR count). The molecule has 0 spiro atoms. The molecule has 2 aromatic carbocycles. The van der Waals surface area contributed by atoms with Gasteiger partial charge in [-0.2, -0.15) is 0 Å². The molecule has 0 aliphatic heterocycles. The van der Waals surface area contributed by atoms with Crippen molar-refractivity contribution >= 4 is 16.9 Å². The van der Waals surface area contributed by atoms with Gasteiger partial charge in [0.05, 0.1) is 26.0 Å². The molecule has 0 atom stereocenters. The number of benzene rings is 2. The molecule has 0 fully saturated rings. The minimum absolute atomic E-state index is 0.0773. The van der Waals surface area contributed by atoms with Crippen molar-refractivity contribution in [3.8, 4) is 28.4 Å². The number of carbonyl (C=O) groups is 1. The van der Waals surface area contributed by atoms with Gasteiger partial charge in [-0.25, -0.2) is 9.59 Å². The average Bonchev–Trinajstić information content (AvgIpc) is 3.28. The van der Waals surface area contributed by atoms with Crippen LogP contribution in [0.2, 0.25) is 0 Å². The van der Waals surface area contributed by atoms with Crippen LogP contribution in [0.5, 0.6) is 17.2 Å². The fourth-order valence-electron chi connectivity index (χ4n) is 2.92. The second-order valence-electron chi connectivity index (χ2n) is 6.08. The SMILES string of the molecule is COc1ccc(-c2cc3ccc(OC(=O)c4ccco4)cc3oc2=O)c(OC)c1. The summed E-state index contributed by atoms with van der Waals surface area (Å²) < 4.78 is 26.3. The highest BCUT2D eigenvalue weighted by molar-refractivity contribution is 5.89. The maximum absolute atomic E-state index is 12.6. The Kier molecular flexibility index (Phi) is 4.78. The van der Waals surface area contributed by atoms with Gasteiger partial charge in [0, 0.05) is 23.1 Å². The second kappa shape index (κ2) is 7.55. The van der Waals surface area contributed by atoms with Crippen molar-refractivity contribution in [2.24, 2.45) is 0 Å². The Hall–Kier alpha value is -4.00. The Morgan fingerprint density at radius 3 is 2.45 bits per heavy atom. The van der Waals surface area contributed by atoms with Crippen molar-refractivity contribution in [3.05, 3.63) is 77.0 Å². The van der Waals surface area contributed by atoms with E-state index >= 15 is 0 Å². The van der Waals surface area contributed by atoms with Gasteiger partial charge in [-0.3, -0.25) is 0 Å². The lowest BCUT2D eigenvalue weighted by molar-refractivity contribution is 0.0701. The van der Waals surface area contributed by atoms with Crippen molar-refractivity contribution in [3.63, 3.8) is 0 Å². The van der Waals surface area contributed by atoms with Crippen LogP contribution in [0.15, 0.2) is 74.5 Å². The van der Waals surface area contributed by atoms with Gasteiger partial charge in [0.25, 0.3) is 0 Å². The van der Waals surface area contributed by atoms with Crippen LogP contribution < -0.4 is 19.8 Å². The number of hydrogen-bond acceptors (Lipinski definition) is 7. The standard InChI is InChI=1S/C22H16O7/c1-25-14-7-8-16(20(11-14)26-2)17-10-13-5-6-15(12-19(13)29-21(17)23)28-22(24)18-4-3-9-27-18/h3-12H,1-2H3. The summed E-state index contributed by atoms with van der Waals surface area (Å²) in [5.74, 6) is 0.764. The summed E-state index contributed by atoms with van der Waals surface area (Å²) in [5.41, 5.74) is 0.668. The zero-order valence-corrected chi connectivity index (χ0v) is 15.6. The quantitative estimate of drug-likeness (QED) is 0.284. The predicted molar refractivity (Wildman–Crippen MR) is 105 cm³/mol. The van der Waals surface area contributed by atoms with Crippen LogP contribution in [0.4, 0.5) is 0 Å². The molecule has 29 heavy (non-hydrogen) atoms. The van der Waals surface area contributed by atoms with E-state index in [4.69, 9.17) is 23.0 Å². The minimum atomic E-state index is -0.642. The Morgan fingerprint density at radius 2 is 1.72 bits per heavy atom. The summed E-state index contributed by atoms with van der Waals surface area (Å²) in [7, 11) is 3.07. The smallest absolute Gasteiger partial charge is 0.379 e. The lowest BCUT2D eigenvalue weighted by Crippen LogP contribution is -2.07. The van der Waals surface area contributed by atoms with Crippen LogP contribution in [0.3, 0.4) is 0 Å². The normalized spacial score (nSPS) is 10.7. The molecule has 146 valence electrons. The molecule has 0 saturated heterocycles. The van der Waals surface area contributed by atoms with Crippen LogP contribution in [0, 0.1) is 0 Å². The lowest BCUT2D eigenvalue weighted by Gasteiger charge is -2.10. The van der Waals surface area contributed by atoms with Crippen molar-refractivity contribution in [2.75, 3.05) is 14.2 Å². The Labute approximate surface area is 165 Å². The molecule has 0 aliphatic carbocycles. The van der Waals surface area contributed by atoms with E-state index in [2.05, 4.69) is 0 Å². The molecule has 0 saturated carbocycles. The summed E-state index contributed by atoms with van der Waals surface area (Å²) >= 11 is 0. The first kappa shape index (κ1) is 18.4. The van der Waals surface area contributed by atoms with E-state index in [-0.39, 0.29) is 17.1 Å². The van der Waals surface area contributed by atoms with Gasteiger partial charge >= 0.3 is 11.6 Å². The van der Waals surface area contributed by atoms with Crippen LogP contribution in [-0.4, -0.2) is 20.2 Å². The number of esters is 1. The molecule has 2 heterocycles. The molecular weight excluding hydrogens is 376 g/mol. The molecule has 0 aliphatic rings. The average molecular weight is 392 g/mol. The largest absolute Gasteiger partial charge is 0.497 e. The Morgan fingerprint density at radius 1 is 0.897 bits per heavy atom. The molecule has 4 aromatic rings. The first-order chi connectivity index (χ1) is 14.1. The van der Waals surface area contributed by atoms with E-state index in [9.17, 15) is 9.59 Å². The van der Waals surface area contributed by atoms with E-state index in [0.29, 0.717) is 28.0 Å². The highest BCUT2D eigenvalue weighted by atomic mass is 16.5. The lowest BCUT2D eigenvalue weighted by atomic mass is 10.0. The van der Waals surface area contributed by atoms with Crippen molar-refractivity contribution in [1.82, 2.24) is 0 Å². The van der Waals surface area contributed by atoms with E-state index < -0.39 is 11.6 Å². The second-order valence-corrected chi connectivity index (χ2v) is 6.08. The topological polar surface area (TPSA) is 88.1 Å². The molecule has 7 heteroatoms. The number of furan rings is 1. The van der Waals surface area contributed by atoms with Gasteiger partial charge in [0.2, 0.25) is 5.76 Å². The van der Waals surface area contributed by atoms with Gasteiger partial charge < -0.3 is 23.0 Å². The van der Waals surface area contributed by atoms with Gasteiger partial charge in [0.1, 0.15) is 22.8 Å². The van der Waals surface area contributed by atoms with E-state index in [1.165, 1.54) is 25.5 Å². The Bertz CT molecular complexity index is 1240. The Balaban J connectivity index is 1.71. The molecule has 0 unspecified atom stereocenters. The number of fused-ring (bicyclic) bond motifs is 1. The molecule has 0 N–H and O–H groups in total. The highest BCUT2D eigenvalue weighted by Crippen LogP contribution is 2.33. The number of ether oxygens (including phenoxy) is 3. The van der Waals surface area contributed by atoms with Gasteiger partial charge in [0.15, 0.2) is 0 Å². The fraction of sp³-hybridized carbons (Fsp3) is 0.0909. The fourth-order valence-corrected chi connectivity index (χ4v) is 2.92. The number of rotatable bonds is 5. The van der Waals surface area contributed by atoms with Crippen LogP contribution in [0.1, 0.15) is 10.6 Å². The zero-order valence-electron chi connectivity index (χ0n) is 15.6. The molecular formula is C22H16O7. The summed E-state index contributed by atoms with van der Waals surface area (Å²) in [5, 5.41) is 0.662. The predicted octanol–water partition coefficient (Wildman–Crippen LogP) is 4.29. The third-order valence-corrected chi connectivity index (χ3v) is 4.34. The van der Waals surface area contributed by atoms with Crippen molar-refractivity contribution in [1.29, 1.82) is 0 Å². The summed E-state index contributed by atoms with van der Waals surface area (Å²) in [6.07, 6.45) is 1.38. The minimum Gasteiger partial charge on any atom is -0.497 e. The number of carbonyl (C=O) groups excluding carboxylic acids is 1. The van der Waals surface area contributed by atoms with Gasteiger partial charge in [-0.15, -0.1) is 0 Å². The van der Waals surface area contributed by atoms with Crippen LogP contribution in [-0.2, 0) is 0 Å². The first-order valence-corrected chi connectivity index (χ1v) is 8.65. The van der Waals surface area contributed by atoms with Gasteiger partial charge in [-0.05, 0) is 42.5 Å².